The van der Waals surface area contributed by atoms with Crippen molar-refractivity contribution in [3.8, 4) is 0 Å². The first-order chi connectivity index (χ1) is 7.26. The zero-order chi connectivity index (χ0) is 12.6. The predicted molar refractivity (Wildman–Crippen MR) is 65.6 cm³/mol. The van der Waals surface area contributed by atoms with Crippen LogP contribution in [0.2, 0.25) is 0 Å². The number of hydrogen-bond acceptors (Lipinski definition) is 6. The second kappa shape index (κ2) is 4.01. The fourth-order valence-electron chi connectivity index (χ4n) is 2.02. The Hall–Kier alpha value is -0.590. The molecule has 0 radical (unpaired) electrons. The van der Waals surface area contributed by atoms with Crippen LogP contribution in [0.4, 0.5) is 0 Å². The summed E-state index contributed by atoms with van der Waals surface area (Å²) in [5, 5.41) is 7.76. The Morgan fingerprint density at radius 2 is 1.44 bits per heavy atom. The quantitative estimate of drug-likeness (QED) is 0.753. The number of hydrogen-bond donors (Lipinski definition) is 1. The predicted octanol–water partition coefficient (Wildman–Crippen LogP) is -0.0684. The fourth-order valence-corrected chi connectivity index (χ4v) is 5.75. The van der Waals surface area contributed by atoms with Gasteiger partial charge in [-0.05, 0) is 0 Å². The molecule has 1 N–H and O–H groups in total. The van der Waals surface area contributed by atoms with E-state index in [0.717, 1.165) is 0 Å². The van der Waals surface area contributed by atoms with E-state index in [1.54, 1.807) is 26.4 Å². The van der Waals surface area contributed by atoms with Gasteiger partial charge in [-0.25, -0.2) is 0 Å². The SMILES string of the molecule is CN(C)P(O)(N(C)C)(N(C)C)n1ccnn1. The van der Waals surface area contributed by atoms with E-state index in [1.165, 1.54) is 4.45 Å². The molecule has 0 amide bonds. The normalized spacial score (nSPS) is 15.8. The van der Waals surface area contributed by atoms with Crippen LogP contribution >= 0.6 is 7.43 Å². The first kappa shape index (κ1) is 13.5. The molecule has 0 aliphatic rings. The van der Waals surface area contributed by atoms with Crippen molar-refractivity contribution in [3.05, 3.63) is 12.4 Å². The Bertz CT molecular complexity index is 325. The van der Waals surface area contributed by atoms with Crippen LogP contribution in [0.15, 0.2) is 12.4 Å². The molecule has 1 rings (SSSR count). The molecule has 0 atom stereocenters. The monoisotopic (exact) mass is 248 g/mol. The van der Waals surface area contributed by atoms with Crippen molar-refractivity contribution in [2.45, 2.75) is 0 Å². The molecule has 0 spiro atoms. The summed E-state index contributed by atoms with van der Waals surface area (Å²) < 4.78 is 6.91. The summed E-state index contributed by atoms with van der Waals surface area (Å²) in [5.74, 6) is 0. The summed E-state index contributed by atoms with van der Waals surface area (Å²) in [6.45, 7) is 0. The Labute approximate surface area is 96.5 Å². The number of nitrogens with zero attached hydrogens (tertiary/aromatic N) is 6. The second-order valence-electron chi connectivity index (χ2n) is 4.26. The molecule has 7 nitrogen and oxygen atoms in total. The van der Waals surface area contributed by atoms with Crippen molar-refractivity contribution >= 4 is 7.43 Å². The van der Waals surface area contributed by atoms with Gasteiger partial charge in [-0.1, -0.05) is 0 Å². The Balaban J connectivity index is 3.54. The Kier molecular flexibility index (Phi) is 3.38. The van der Waals surface area contributed by atoms with Crippen LogP contribution in [0, 0.1) is 0 Å². The van der Waals surface area contributed by atoms with Crippen molar-refractivity contribution in [3.63, 3.8) is 0 Å². The molecule has 0 aliphatic heterocycles. The van der Waals surface area contributed by atoms with E-state index in [0.29, 0.717) is 0 Å². The van der Waals surface area contributed by atoms with Crippen LogP contribution in [0.25, 0.3) is 0 Å². The van der Waals surface area contributed by atoms with E-state index in [4.69, 9.17) is 0 Å². The number of aromatic nitrogens is 3. The van der Waals surface area contributed by atoms with Crippen LogP contribution in [0.5, 0.6) is 0 Å². The third-order valence-electron chi connectivity index (χ3n) is 2.92. The van der Waals surface area contributed by atoms with Crippen LogP contribution in [-0.2, 0) is 0 Å². The summed E-state index contributed by atoms with van der Waals surface area (Å²) in [4.78, 5) is 11.3. The molecule has 16 heavy (non-hydrogen) atoms. The summed E-state index contributed by atoms with van der Waals surface area (Å²) >= 11 is 0. The topological polar surface area (TPSA) is 60.7 Å². The van der Waals surface area contributed by atoms with Gasteiger partial charge >= 0.3 is 95.8 Å². The molecule has 0 aromatic carbocycles. The first-order valence-corrected chi connectivity index (χ1v) is 6.93. The molecule has 0 fully saturated rings. The molecule has 1 heterocycles. The standard InChI is InChI=1S/C8H21N6OP/c1-11(2)16(15,12(3)4,13(5)6)14-8-7-9-10-14/h7-8,15H,1-6H3. The molecular formula is C8H21N6OP. The van der Waals surface area contributed by atoms with Gasteiger partial charge in [0.2, 0.25) is 0 Å². The maximum absolute atomic E-state index is 11.3. The molecular weight excluding hydrogens is 227 g/mol. The van der Waals surface area contributed by atoms with E-state index in [1.807, 2.05) is 42.3 Å². The van der Waals surface area contributed by atoms with Gasteiger partial charge in [-0.2, -0.15) is 0 Å². The van der Waals surface area contributed by atoms with Crippen molar-refractivity contribution in [2.75, 3.05) is 42.3 Å². The van der Waals surface area contributed by atoms with Gasteiger partial charge in [0.25, 0.3) is 0 Å². The second-order valence-corrected chi connectivity index (χ2v) is 8.86. The Morgan fingerprint density at radius 3 is 1.69 bits per heavy atom. The van der Waals surface area contributed by atoms with Crippen molar-refractivity contribution < 1.29 is 4.89 Å². The number of rotatable bonds is 4. The average molecular weight is 248 g/mol. The van der Waals surface area contributed by atoms with Crippen LogP contribution < -0.4 is 0 Å². The average Bonchev–Trinajstić information content (AvgIpc) is 2.68. The minimum atomic E-state index is -3.60. The van der Waals surface area contributed by atoms with E-state index in [-0.39, 0.29) is 0 Å². The Morgan fingerprint density at radius 1 is 1.00 bits per heavy atom. The van der Waals surface area contributed by atoms with Gasteiger partial charge in [-0.3, -0.25) is 0 Å². The van der Waals surface area contributed by atoms with Gasteiger partial charge in [0.15, 0.2) is 0 Å². The van der Waals surface area contributed by atoms with Crippen LogP contribution in [-0.4, -0.2) is 76.0 Å². The zero-order valence-corrected chi connectivity index (χ0v) is 11.6. The minimum absolute atomic E-state index is 1.53. The van der Waals surface area contributed by atoms with Gasteiger partial charge < -0.3 is 0 Å². The molecule has 0 saturated carbocycles. The fraction of sp³-hybridized carbons (Fsp3) is 0.750. The molecule has 0 aliphatic carbocycles. The van der Waals surface area contributed by atoms with E-state index in [2.05, 4.69) is 10.3 Å². The zero-order valence-electron chi connectivity index (χ0n) is 10.7. The van der Waals surface area contributed by atoms with Gasteiger partial charge in [0, 0.05) is 0 Å². The first-order valence-electron chi connectivity index (χ1n) is 4.93. The maximum atomic E-state index is 11.3. The van der Waals surface area contributed by atoms with Crippen molar-refractivity contribution in [1.82, 2.24) is 28.8 Å². The van der Waals surface area contributed by atoms with Crippen LogP contribution in [0.3, 0.4) is 0 Å². The summed E-state index contributed by atoms with van der Waals surface area (Å²) in [5.41, 5.74) is 0. The van der Waals surface area contributed by atoms with Crippen LogP contribution in [0.1, 0.15) is 0 Å². The van der Waals surface area contributed by atoms with E-state index < -0.39 is 7.43 Å². The molecule has 0 unspecified atom stereocenters. The molecule has 8 heteroatoms. The third-order valence-corrected chi connectivity index (χ3v) is 8.16. The van der Waals surface area contributed by atoms with E-state index >= 15 is 0 Å². The summed E-state index contributed by atoms with van der Waals surface area (Å²) in [6, 6.07) is 0. The summed E-state index contributed by atoms with van der Waals surface area (Å²) in [6.07, 6.45) is 3.24. The van der Waals surface area contributed by atoms with Crippen molar-refractivity contribution in [2.24, 2.45) is 0 Å². The summed E-state index contributed by atoms with van der Waals surface area (Å²) in [7, 11) is 7.40. The van der Waals surface area contributed by atoms with E-state index in [9.17, 15) is 4.89 Å². The molecule has 0 saturated heterocycles. The molecule has 1 aromatic heterocycles. The van der Waals surface area contributed by atoms with Gasteiger partial charge in [-0.15, -0.1) is 0 Å². The third kappa shape index (κ3) is 1.40. The van der Waals surface area contributed by atoms with Crippen molar-refractivity contribution in [1.29, 1.82) is 0 Å². The molecule has 94 valence electrons. The van der Waals surface area contributed by atoms with Gasteiger partial charge in [0.1, 0.15) is 0 Å². The molecule has 0 bridgehead atoms. The molecule has 1 aromatic rings. The van der Waals surface area contributed by atoms with Gasteiger partial charge in [0.05, 0.1) is 0 Å².